The van der Waals surface area contributed by atoms with Gasteiger partial charge in [-0.05, 0) is 12.1 Å². The number of hydrogen-bond acceptors (Lipinski definition) is 6. The van der Waals surface area contributed by atoms with E-state index in [1.807, 2.05) is 5.43 Å². The third-order valence-electron chi connectivity index (χ3n) is 2.07. The zero-order valence-electron chi connectivity index (χ0n) is 9.92. The van der Waals surface area contributed by atoms with Gasteiger partial charge in [0.15, 0.2) is 0 Å². The molecule has 0 fully saturated rings. The summed E-state index contributed by atoms with van der Waals surface area (Å²) >= 11 is 1.49. The Hall–Kier alpha value is -1.12. The summed E-state index contributed by atoms with van der Waals surface area (Å²) in [5.74, 6) is 5.91. The number of pyridine rings is 1. The average molecular weight is 289 g/mol. The number of carbonyl (C=O) groups is 1. The Morgan fingerprint density at radius 2 is 2.22 bits per heavy atom. The lowest BCUT2D eigenvalue weighted by Gasteiger charge is -2.02. The number of nitrogens with two attached hydrogens (primary N) is 1. The second-order valence-corrected chi connectivity index (χ2v) is 7.06. The van der Waals surface area contributed by atoms with Gasteiger partial charge in [0, 0.05) is 24.0 Å². The molecule has 1 aromatic heterocycles. The Morgan fingerprint density at radius 3 is 2.72 bits per heavy atom. The minimum atomic E-state index is -2.91. The fourth-order valence-corrected chi connectivity index (χ4v) is 3.32. The Morgan fingerprint density at radius 1 is 1.50 bits per heavy atom. The number of hydrazine groups is 1. The molecule has 0 radical (unpaired) electrons. The van der Waals surface area contributed by atoms with Gasteiger partial charge in [-0.1, -0.05) is 0 Å². The van der Waals surface area contributed by atoms with Crippen molar-refractivity contribution >= 4 is 27.5 Å². The van der Waals surface area contributed by atoms with Crippen molar-refractivity contribution < 1.29 is 13.2 Å². The lowest BCUT2D eigenvalue weighted by Crippen LogP contribution is -2.30. The lowest BCUT2D eigenvalue weighted by atomic mass is 10.2. The quantitative estimate of drug-likeness (QED) is 0.330. The molecule has 1 amide bonds. The predicted molar refractivity (Wildman–Crippen MR) is 71.8 cm³/mol. The van der Waals surface area contributed by atoms with Crippen LogP contribution in [-0.2, 0) is 15.6 Å². The average Bonchev–Trinajstić information content (AvgIpc) is 2.33. The molecule has 0 saturated heterocycles. The van der Waals surface area contributed by atoms with Gasteiger partial charge in [-0.25, -0.2) is 14.3 Å². The second-order valence-electron chi connectivity index (χ2n) is 3.69. The van der Waals surface area contributed by atoms with Crippen LogP contribution >= 0.6 is 11.8 Å². The molecule has 6 nitrogen and oxygen atoms in total. The van der Waals surface area contributed by atoms with Gasteiger partial charge < -0.3 is 0 Å². The largest absolute Gasteiger partial charge is 0.290 e. The molecule has 0 aliphatic heterocycles. The fourth-order valence-electron chi connectivity index (χ4n) is 1.11. The van der Waals surface area contributed by atoms with E-state index in [-0.39, 0.29) is 5.75 Å². The maximum absolute atomic E-state index is 11.1. The molecule has 1 aromatic rings. The molecule has 0 saturated carbocycles. The fraction of sp³-hybridized carbons (Fsp3) is 0.400. The van der Waals surface area contributed by atoms with E-state index in [4.69, 9.17) is 5.84 Å². The predicted octanol–water partition coefficient (Wildman–Crippen LogP) is -0.0371. The minimum absolute atomic E-state index is 0.158. The van der Waals surface area contributed by atoms with Crippen LogP contribution in [0.2, 0.25) is 0 Å². The van der Waals surface area contributed by atoms with Crippen LogP contribution in [-0.4, -0.2) is 37.1 Å². The van der Waals surface area contributed by atoms with E-state index in [2.05, 4.69) is 4.98 Å². The van der Waals surface area contributed by atoms with Gasteiger partial charge in [-0.2, -0.15) is 11.8 Å². The van der Waals surface area contributed by atoms with Crippen molar-refractivity contribution in [2.45, 2.75) is 5.75 Å². The van der Waals surface area contributed by atoms with Gasteiger partial charge in [0.25, 0.3) is 5.91 Å². The van der Waals surface area contributed by atoms with E-state index in [1.54, 1.807) is 12.1 Å². The van der Waals surface area contributed by atoms with E-state index in [9.17, 15) is 13.2 Å². The molecule has 0 aliphatic carbocycles. The van der Waals surface area contributed by atoms with E-state index in [1.165, 1.54) is 24.2 Å². The number of hydrogen-bond donors (Lipinski definition) is 2. The number of nitrogens with zero attached hydrogens (tertiary/aromatic N) is 1. The van der Waals surface area contributed by atoms with Crippen molar-refractivity contribution in [2.24, 2.45) is 5.84 Å². The summed E-state index contributed by atoms with van der Waals surface area (Å²) in [6.45, 7) is 0. The molecule has 0 aliphatic rings. The molecule has 100 valence electrons. The van der Waals surface area contributed by atoms with Crippen LogP contribution in [0.1, 0.15) is 16.1 Å². The summed E-state index contributed by atoms with van der Waals surface area (Å²) in [5, 5.41) is 0. The van der Waals surface area contributed by atoms with Crippen LogP contribution in [0, 0.1) is 0 Å². The summed E-state index contributed by atoms with van der Waals surface area (Å²) in [6, 6.07) is 3.35. The maximum atomic E-state index is 11.1. The topological polar surface area (TPSA) is 102 Å². The molecule has 0 atom stereocenters. The summed E-state index contributed by atoms with van der Waals surface area (Å²) in [6.07, 6.45) is 2.65. The number of thioether (sulfide) groups is 1. The standard InChI is InChI=1S/C10H15N3O3S2/c1-18(15,16)5-4-17-7-9-3-2-8(6-12-9)10(14)13-11/h2-3,6H,4-5,7,11H2,1H3,(H,13,14). The molecular weight excluding hydrogens is 274 g/mol. The molecule has 1 rings (SSSR count). The van der Waals surface area contributed by atoms with Crippen molar-refractivity contribution in [3.8, 4) is 0 Å². The minimum Gasteiger partial charge on any atom is -0.290 e. The zero-order chi connectivity index (χ0) is 13.6. The van der Waals surface area contributed by atoms with E-state index in [0.717, 1.165) is 5.69 Å². The van der Waals surface area contributed by atoms with Crippen molar-refractivity contribution in [2.75, 3.05) is 17.8 Å². The van der Waals surface area contributed by atoms with Gasteiger partial charge in [0.05, 0.1) is 17.0 Å². The molecule has 0 bridgehead atoms. The number of amides is 1. The summed E-state index contributed by atoms with van der Waals surface area (Å²) in [5.41, 5.74) is 3.20. The van der Waals surface area contributed by atoms with Crippen molar-refractivity contribution in [1.29, 1.82) is 0 Å². The van der Waals surface area contributed by atoms with Crippen LogP contribution in [0.5, 0.6) is 0 Å². The van der Waals surface area contributed by atoms with Crippen molar-refractivity contribution in [1.82, 2.24) is 10.4 Å². The molecule has 8 heteroatoms. The third kappa shape index (κ3) is 5.48. The number of aromatic nitrogens is 1. The van der Waals surface area contributed by atoms with E-state index in [0.29, 0.717) is 17.1 Å². The highest BCUT2D eigenvalue weighted by atomic mass is 32.2. The molecule has 18 heavy (non-hydrogen) atoms. The van der Waals surface area contributed by atoms with Crippen molar-refractivity contribution in [3.05, 3.63) is 29.6 Å². The smallest absolute Gasteiger partial charge is 0.266 e. The zero-order valence-corrected chi connectivity index (χ0v) is 11.6. The number of carbonyl (C=O) groups excluding carboxylic acids is 1. The van der Waals surface area contributed by atoms with Crippen LogP contribution in [0.15, 0.2) is 18.3 Å². The Labute approximate surface area is 110 Å². The van der Waals surface area contributed by atoms with Crippen LogP contribution in [0.3, 0.4) is 0 Å². The second kappa shape index (κ2) is 6.72. The highest BCUT2D eigenvalue weighted by Crippen LogP contribution is 2.11. The SMILES string of the molecule is CS(=O)(=O)CCSCc1ccc(C(=O)NN)cn1. The first kappa shape index (κ1) is 14.9. The first-order valence-corrected chi connectivity index (χ1v) is 8.35. The first-order valence-electron chi connectivity index (χ1n) is 5.14. The van der Waals surface area contributed by atoms with Gasteiger partial charge in [-0.15, -0.1) is 0 Å². The van der Waals surface area contributed by atoms with Gasteiger partial charge in [-0.3, -0.25) is 15.2 Å². The van der Waals surface area contributed by atoms with E-state index >= 15 is 0 Å². The van der Waals surface area contributed by atoms with Gasteiger partial charge in [0.1, 0.15) is 9.84 Å². The Balaban J connectivity index is 2.42. The number of sulfone groups is 1. The number of nitrogens with one attached hydrogen (secondary N) is 1. The number of rotatable bonds is 6. The first-order chi connectivity index (χ1) is 8.42. The molecule has 0 aromatic carbocycles. The highest BCUT2D eigenvalue weighted by molar-refractivity contribution is 7.99. The summed E-state index contributed by atoms with van der Waals surface area (Å²) < 4.78 is 21.8. The lowest BCUT2D eigenvalue weighted by molar-refractivity contribution is 0.0953. The third-order valence-corrected chi connectivity index (χ3v) is 4.26. The van der Waals surface area contributed by atoms with Crippen LogP contribution in [0.25, 0.3) is 0 Å². The van der Waals surface area contributed by atoms with Crippen LogP contribution in [0.4, 0.5) is 0 Å². The highest BCUT2D eigenvalue weighted by Gasteiger charge is 2.05. The summed E-state index contributed by atoms with van der Waals surface area (Å²) in [4.78, 5) is 15.2. The Bertz CT molecular complexity index is 500. The Kier molecular flexibility index (Phi) is 5.57. The monoisotopic (exact) mass is 289 g/mol. The summed E-state index contributed by atoms with van der Waals surface area (Å²) in [7, 11) is -2.91. The molecular formula is C10H15N3O3S2. The maximum Gasteiger partial charge on any atom is 0.266 e. The number of nitrogen functional groups attached to an aromatic ring is 1. The van der Waals surface area contributed by atoms with E-state index < -0.39 is 15.7 Å². The molecule has 3 N–H and O–H groups in total. The molecule has 1 heterocycles. The van der Waals surface area contributed by atoms with Crippen LogP contribution < -0.4 is 11.3 Å². The van der Waals surface area contributed by atoms with Crippen molar-refractivity contribution in [3.63, 3.8) is 0 Å². The van der Waals surface area contributed by atoms with Gasteiger partial charge >= 0.3 is 0 Å². The van der Waals surface area contributed by atoms with Gasteiger partial charge in [0.2, 0.25) is 0 Å². The normalized spacial score (nSPS) is 11.2. The molecule has 0 unspecified atom stereocenters. The molecule has 0 spiro atoms.